The zero-order valence-corrected chi connectivity index (χ0v) is 14.9. The normalized spacial score (nSPS) is 21.6. The molecule has 1 saturated heterocycles. The fourth-order valence-electron chi connectivity index (χ4n) is 3.45. The fourth-order valence-corrected chi connectivity index (χ4v) is 3.45. The Labute approximate surface area is 157 Å². The molecule has 2 aromatic rings. The largest absolute Gasteiger partial charge is 0.486 e. The number of benzene rings is 1. The number of nitrogens with one attached hydrogen (secondary N) is 1. The Morgan fingerprint density at radius 3 is 2.81 bits per heavy atom. The lowest BCUT2D eigenvalue weighted by atomic mass is 9.97. The Bertz CT molecular complexity index is 804. The monoisotopic (exact) mass is 370 g/mol. The van der Waals surface area contributed by atoms with Crippen LogP contribution in [-0.4, -0.2) is 49.1 Å². The number of piperidine rings is 1. The predicted octanol–water partition coefficient (Wildman–Crippen LogP) is 2.09. The standard InChI is InChI=1S/C20H22N2O5/c23-19(21-11-15-13-26-16-6-1-2-7-17(16)27-15)14-5-3-9-22(12-14)20(24)18-8-4-10-25-18/h1-2,4,6-8,10,14-15H,3,5,9,11-13H2,(H,21,23)/t14-,15+/m0/s1. The van der Waals surface area contributed by atoms with E-state index in [1.54, 1.807) is 17.0 Å². The quantitative estimate of drug-likeness (QED) is 0.891. The Morgan fingerprint density at radius 1 is 1.15 bits per heavy atom. The summed E-state index contributed by atoms with van der Waals surface area (Å²) in [6, 6.07) is 10.8. The lowest BCUT2D eigenvalue weighted by Gasteiger charge is -2.32. The molecule has 2 amide bonds. The average Bonchev–Trinajstić information content (AvgIpc) is 3.26. The van der Waals surface area contributed by atoms with Gasteiger partial charge < -0.3 is 24.1 Å². The molecule has 3 heterocycles. The second-order valence-electron chi connectivity index (χ2n) is 6.81. The first-order valence-corrected chi connectivity index (χ1v) is 9.19. The number of amides is 2. The number of carbonyl (C=O) groups excluding carboxylic acids is 2. The highest BCUT2D eigenvalue weighted by Gasteiger charge is 2.30. The number of carbonyl (C=O) groups is 2. The van der Waals surface area contributed by atoms with E-state index in [-0.39, 0.29) is 23.8 Å². The van der Waals surface area contributed by atoms with Crippen molar-refractivity contribution in [2.24, 2.45) is 5.92 Å². The van der Waals surface area contributed by atoms with Gasteiger partial charge in [-0.05, 0) is 37.1 Å². The third-order valence-electron chi connectivity index (χ3n) is 4.88. The minimum atomic E-state index is -0.228. The second-order valence-corrected chi connectivity index (χ2v) is 6.81. The van der Waals surface area contributed by atoms with Crippen LogP contribution in [-0.2, 0) is 4.79 Å². The van der Waals surface area contributed by atoms with E-state index in [0.717, 1.165) is 18.6 Å². The van der Waals surface area contributed by atoms with Gasteiger partial charge in [0.2, 0.25) is 5.91 Å². The molecule has 4 rings (SSSR count). The molecule has 7 heteroatoms. The van der Waals surface area contributed by atoms with E-state index < -0.39 is 0 Å². The molecule has 0 spiro atoms. The Kier molecular flexibility index (Phi) is 5.00. The van der Waals surface area contributed by atoms with Gasteiger partial charge in [-0.1, -0.05) is 12.1 Å². The molecule has 2 atom stereocenters. The van der Waals surface area contributed by atoms with Gasteiger partial charge in [-0.25, -0.2) is 0 Å². The van der Waals surface area contributed by atoms with Gasteiger partial charge in [-0.2, -0.15) is 0 Å². The third-order valence-corrected chi connectivity index (χ3v) is 4.88. The lowest BCUT2D eigenvalue weighted by Crippen LogP contribution is -2.48. The van der Waals surface area contributed by atoms with Gasteiger partial charge >= 0.3 is 0 Å². The highest BCUT2D eigenvalue weighted by Crippen LogP contribution is 2.30. The summed E-state index contributed by atoms with van der Waals surface area (Å²) in [5, 5.41) is 2.94. The van der Waals surface area contributed by atoms with E-state index in [4.69, 9.17) is 13.9 Å². The molecule has 0 bridgehead atoms. The van der Waals surface area contributed by atoms with Crippen LogP contribution < -0.4 is 14.8 Å². The number of furan rings is 1. The molecule has 1 N–H and O–H groups in total. The minimum Gasteiger partial charge on any atom is -0.486 e. The second kappa shape index (κ2) is 7.73. The summed E-state index contributed by atoms with van der Waals surface area (Å²) in [4.78, 5) is 26.7. The molecule has 27 heavy (non-hydrogen) atoms. The number of ether oxygens (including phenoxy) is 2. The molecule has 0 radical (unpaired) electrons. The fraction of sp³-hybridized carbons (Fsp3) is 0.400. The van der Waals surface area contributed by atoms with E-state index in [1.165, 1.54) is 6.26 Å². The van der Waals surface area contributed by atoms with Crippen molar-refractivity contribution in [3.63, 3.8) is 0 Å². The molecule has 142 valence electrons. The van der Waals surface area contributed by atoms with Crippen LogP contribution in [0.15, 0.2) is 47.1 Å². The maximum atomic E-state index is 12.6. The van der Waals surface area contributed by atoms with Crippen molar-refractivity contribution in [3.8, 4) is 11.5 Å². The van der Waals surface area contributed by atoms with Crippen LogP contribution in [0.4, 0.5) is 0 Å². The van der Waals surface area contributed by atoms with E-state index in [0.29, 0.717) is 37.8 Å². The lowest BCUT2D eigenvalue weighted by molar-refractivity contribution is -0.126. The molecule has 0 aliphatic carbocycles. The summed E-state index contributed by atoms with van der Waals surface area (Å²) in [5.74, 6) is 1.26. The SMILES string of the molecule is O=C(NC[C@@H]1COc2ccccc2O1)[C@H]1CCCN(C(=O)c2ccco2)C1. The summed E-state index contributed by atoms with van der Waals surface area (Å²) in [7, 11) is 0. The summed E-state index contributed by atoms with van der Waals surface area (Å²) >= 11 is 0. The molecule has 2 aliphatic heterocycles. The number of hydrogen-bond acceptors (Lipinski definition) is 5. The summed E-state index contributed by atoms with van der Waals surface area (Å²) in [6.07, 6.45) is 2.80. The topological polar surface area (TPSA) is 81.0 Å². The van der Waals surface area contributed by atoms with E-state index in [9.17, 15) is 9.59 Å². The number of hydrogen-bond donors (Lipinski definition) is 1. The van der Waals surface area contributed by atoms with Crippen LogP contribution >= 0.6 is 0 Å². The van der Waals surface area contributed by atoms with Crippen molar-refractivity contribution in [2.75, 3.05) is 26.2 Å². The minimum absolute atomic E-state index is 0.0607. The van der Waals surface area contributed by atoms with Crippen LogP contribution in [0.1, 0.15) is 23.4 Å². The first-order valence-electron chi connectivity index (χ1n) is 9.19. The van der Waals surface area contributed by atoms with Crippen LogP contribution in [0.5, 0.6) is 11.5 Å². The van der Waals surface area contributed by atoms with Crippen molar-refractivity contribution in [1.29, 1.82) is 0 Å². The zero-order chi connectivity index (χ0) is 18.6. The van der Waals surface area contributed by atoms with E-state index in [2.05, 4.69) is 5.32 Å². The maximum absolute atomic E-state index is 12.6. The maximum Gasteiger partial charge on any atom is 0.289 e. The van der Waals surface area contributed by atoms with Crippen molar-refractivity contribution in [1.82, 2.24) is 10.2 Å². The molecule has 1 aromatic carbocycles. The van der Waals surface area contributed by atoms with Gasteiger partial charge in [0.25, 0.3) is 5.91 Å². The van der Waals surface area contributed by atoms with Crippen LogP contribution in [0.3, 0.4) is 0 Å². The van der Waals surface area contributed by atoms with Gasteiger partial charge in [0.05, 0.1) is 18.7 Å². The Balaban J connectivity index is 1.29. The Hall–Kier alpha value is -2.96. The average molecular weight is 370 g/mol. The summed E-state index contributed by atoms with van der Waals surface area (Å²) in [5.41, 5.74) is 0. The van der Waals surface area contributed by atoms with Crippen LogP contribution in [0.25, 0.3) is 0 Å². The van der Waals surface area contributed by atoms with Gasteiger partial charge in [-0.3, -0.25) is 9.59 Å². The molecular formula is C20H22N2O5. The predicted molar refractivity (Wildman–Crippen MR) is 96.7 cm³/mol. The van der Waals surface area contributed by atoms with Gasteiger partial charge in [-0.15, -0.1) is 0 Å². The van der Waals surface area contributed by atoms with E-state index >= 15 is 0 Å². The van der Waals surface area contributed by atoms with E-state index in [1.807, 2.05) is 24.3 Å². The van der Waals surface area contributed by atoms with Gasteiger partial charge in [0.15, 0.2) is 17.3 Å². The first-order chi connectivity index (χ1) is 13.2. The number of likely N-dealkylation sites (tertiary alicyclic amines) is 1. The Morgan fingerprint density at radius 2 is 2.00 bits per heavy atom. The van der Waals surface area contributed by atoms with Crippen molar-refractivity contribution < 1.29 is 23.5 Å². The smallest absolute Gasteiger partial charge is 0.289 e. The van der Waals surface area contributed by atoms with Crippen LogP contribution in [0.2, 0.25) is 0 Å². The van der Waals surface area contributed by atoms with Crippen molar-refractivity contribution in [2.45, 2.75) is 18.9 Å². The zero-order valence-electron chi connectivity index (χ0n) is 14.9. The van der Waals surface area contributed by atoms with Gasteiger partial charge in [0.1, 0.15) is 12.7 Å². The summed E-state index contributed by atoms with van der Waals surface area (Å²) in [6.45, 7) is 1.80. The molecule has 0 saturated carbocycles. The first kappa shape index (κ1) is 17.5. The molecule has 0 unspecified atom stereocenters. The third kappa shape index (κ3) is 3.92. The summed E-state index contributed by atoms with van der Waals surface area (Å²) < 4.78 is 16.7. The number of rotatable bonds is 4. The molecule has 1 fully saturated rings. The van der Waals surface area contributed by atoms with Gasteiger partial charge in [0, 0.05) is 13.1 Å². The molecule has 2 aliphatic rings. The van der Waals surface area contributed by atoms with Crippen molar-refractivity contribution >= 4 is 11.8 Å². The number of para-hydroxylation sites is 2. The molecular weight excluding hydrogens is 348 g/mol. The molecule has 7 nitrogen and oxygen atoms in total. The van der Waals surface area contributed by atoms with Crippen molar-refractivity contribution in [3.05, 3.63) is 48.4 Å². The highest BCUT2D eigenvalue weighted by atomic mass is 16.6. The van der Waals surface area contributed by atoms with Crippen LogP contribution in [0, 0.1) is 5.92 Å². The highest BCUT2D eigenvalue weighted by molar-refractivity contribution is 5.92. The molecule has 1 aromatic heterocycles. The number of fused-ring (bicyclic) bond motifs is 1. The number of nitrogens with zero attached hydrogens (tertiary/aromatic N) is 1.